The Morgan fingerprint density at radius 2 is 1.78 bits per heavy atom. The number of amides is 1. The lowest BCUT2D eigenvalue weighted by Crippen LogP contribution is -2.41. The van der Waals surface area contributed by atoms with Crippen LogP contribution in [0.25, 0.3) is 0 Å². The van der Waals surface area contributed by atoms with Gasteiger partial charge in [0, 0.05) is 25.2 Å². The van der Waals surface area contributed by atoms with Crippen LogP contribution in [0.2, 0.25) is 0 Å². The Hall–Kier alpha value is -2.16. The molecule has 0 aliphatic carbocycles. The molecule has 150 valence electrons. The Kier molecular flexibility index (Phi) is 6.46. The number of carbonyl (C=O) groups is 1. The first-order chi connectivity index (χ1) is 12.5. The Morgan fingerprint density at radius 3 is 2.26 bits per heavy atom. The van der Waals surface area contributed by atoms with E-state index in [9.17, 15) is 23.3 Å². The molecule has 0 atom stereocenters. The Labute approximate surface area is 159 Å². The van der Waals surface area contributed by atoms with Crippen LogP contribution in [0.15, 0.2) is 29.2 Å². The van der Waals surface area contributed by atoms with E-state index in [1.807, 2.05) is 20.8 Å². The van der Waals surface area contributed by atoms with Crippen LogP contribution in [0.5, 0.6) is 0 Å². The maximum absolute atomic E-state index is 12.4. The molecule has 27 heavy (non-hydrogen) atoms. The average Bonchev–Trinajstić information content (AvgIpc) is 2.59. The fraction of sp³-hybridized carbons (Fsp3) is 0.611. The molecule has 0 N–H and O–H groups in total. The summed E-state index contributed by atoms with van der Waals surface area (Å²) in [6, 6.07) is 4.95. The van der Waals surface area contributed by atoms with Gasteiger partial charge in [0.25, 0.3) is 5.69 Å². The maximum atomic E-state index is 12.4. The van der Waals surface area contributed by atoms with Crippen molar-refractivity contribution in [1.82, 2.24) is 4.90 Å². The zero-order valence-corrected chi connectivity index (χ0v) is 16.7. The third kappa shape index (κ3) is 6.20. The first-order valence-electron chi connectivity index (χ1n) is 8.93. The summed E-state index contributed by atoms with van der Waals surface area (Å²) in [6.07, 6.45) is 1.63. The topological polar surface area (TPSA) is 107 Å². The van der Waals surface area contributed by atoms with Crippen LogP contribution >= 0.6 is 0 Å². The summed E-state index contributed by atoms with van der Waals surface area (Å²) >= 11 is 0. The van der Waals surface area contributed by atoms with Gasteiger partial charge in [0.05, 0.1) is 15.6 Å². The number of non-ortho nitro benzene ring substituents is 1. The first kappa shape index (κ1) is 21.1. The number of hydrogen-bond donors (Lipinski definition) is 0. The molecule has 1 fully saturated rings. The van der Waals surface area contributed by atoms with Gasteiger partial charge in [-0.1, -0.05) is 0 Å². The zero-order chi connectivity index (χ0) is 20.2. The molecule has 0 aromatic heterocycles. The van der Waals surface area contributed by atoms with Crippen molar-refractivity contribution < 1.29 is 22.9 Å². The lowest BCUT2D eigenvalue weighted by Gasteiger charge is -2.33. The van der Waals surface area contributed by atoms with Crippen molar-refractivity contribution in [1.29, 1.82) is 0 Å². The van der Waals surface area contributed by atoms with Crippen LogP contribution in [0, 0.1) is 16.0 Å². The minimum Gasteiger partial charge on any atom is -0.444 e. The van der Waals surface area contributed by atoms with E-state index in [0.29, 0.717) is 19.5 Å². The number of piperidine rings is 1. The molecule has 9 heteroatoms. The molecule has 1 amide bonds. The van der Waals surface area contributed by atoms with E-state index in [-0.39, 0.29) is 28.3 Å². The molecule has 2 rings (SSSR count). The Morgan fingerprint density at radius 1 is 1.22 bits per heavy atom. The number of rotatable bonds is 5. The van der Waals surface area contributed by atoms with E-state index in [1.54, 1.807) is 4.90 Å². The Bertz CT molecular complexity index is 775. The Balaban J connectivity index is 1.85. The second kappa shape index (κ2) is 8.24. The summed E-state index contributed by atoms with van der Waals surface area (Å²) in [7, 11) is -3.48. The normalized spacial score (nSPS) is 16.2. The number of likely N-dealkylation sites (tertiary alicyclic amines) is 1. The second-order valence-electron chi connectivity index (χ2n) is 7.77. The number of sulfone groups is 1. The first-order valence-corrected chi connectivity index (χ1v) is 10.6. The SMILES string of the molecule is CC(C)(C)OC(=O)N1CCC(CCS(=O)(=O)c2ccc([N+](=O)[O-])cc2)CC1. The highest BCUT2D eigenvalue weighted by Crippen LogP contribution is 2.25. The molecule has 0 spiro atoms. The average molecular weight is 398 g/mol. The number of ether oxygens (including phenoxy) is 1. The van der Waals surface area contributed by atoms with Crippen molar-refractivity contribution in [3.05, 3.63) is 34.4 Å². The molecule has 0 saturated carbocycles. The fourth-order valence-corrected chi connectivity index (χ4v) is 4.38. The van der Waals surface area contributed by atoms with Crippen molar-refractivity contribution in [3.8, 4) is 0 Å². The smallest absolute Gasteiger partial charge is 0.410 e. The molecule has 1 aromatic carbocycles. The summed E-state index contributed by atoms with van der Waals surface area (Å²) in [6.45, 7) is 6.57. The zero-order valence-electron chi connectivity index (χ0n) is 15.9. The van der Waals surface area contributed by atoms with Crippen molar-refractivity contribution in [2.45, 2.75) is 50.5 Å². The van der Waals surface area contributed by atoms with E-state index in [1.165, 1.54) is 24.3 Å². The highest BCUT2D eigenvalue weighted by atomic mass is 32.2. The second-order valence-corrected chi connectivity index (χ2v) is 9.88. The van der Waals surface area contributed by atoms with Crippen LogP contribution in [-0.2, 0) is 14.6 Å². The van der Waals surface area contributed by atoms with Gasteiger partial charge in [-0.05, 0) is 58.1 Å². The third-order valence-corrected chi connectivity index (χ3v) is 6.23. The standard InChI is InChI=1S/C18H26N2O6S/c1-18(2,3)26-17(21)19-11-8-14(9-12-19)10-13-27(24,25)16-6-4-15(5-7-16)20(22)23/h4-7,14H,8-13H2,1-3H3. The highest BCUT2D eigenvalue weighted by molar-refractivity contribution is 7.91. The van der Waals surface area contributed by atoms with Crippen molar-refractivity contribution in [2.24, 2.45) is 5.92 Å². The number of nitro groups is 1. The van der Waals surface area contributed by atoms with Crippen molar-refractivity contribution in [2.75, 3.05) is 18.8 Å². The molecule has 0 bridgehead atoms. The van der Waals surface area contributed by atoms with E-state index >= 15 is 0 Å². The van der Waals surface area contributed by atoms with E-state index in [4.69, 9.17) is 4.74 Å². The van der Waals surface area contributed by atoms with Gasteiger partial charge >= 0.3 is 6.09 Å². The van der Waals surface area contributed by atoms with Gasteiger partial charge < -0.3 is 9.64 Å². The van der Waals surface area contributed by atoms with Crippen LogP contribution in [0.4, 0.5) is 10.5 Å². The highest BCUT2D eigenvalue weighted by Gasteiger charge is 2.28. The predicted molar refractivity (Wildman–Crippen MR) is 100 cm³/mol. The largest absolute Gasteiger partial charge is 0.444 e. The fourth-order valence-electron chi connectivity index (χ4n) is 2.95. The quantitative estimate of drug-likeness (QED) is 0.556. The predicted octanol–water partition coefficient (Wildman–Crippen LogP) is 3.41. The monoisotopic (exact) mass is 398 g/mol. The van der Waals surface area contributed by atoms with Crippen LogP contribution in [0.3, 0.4) is 0 Å². The van der Waals surface area contributed by atoms with Gasteiger partial charge in [0.2, 0.25) is 0 Å². The number of carbonyl (C=O) groups excluding carboxylic acids is 1. The molecule has 0 radical (unpaired) electrons. The van der Waals surface area contributed by atoms with Crippen LogP contribution in [-0.4, -0.2) is 48.8 Å². The summed E-state index contributed by atoms with van der Waals surface area (Å²) in [4.78, 5) is 23.9. The van der Waals surface area contributed by atoms with E-state index in [0.717, 1.165) is 12.8 Å². The maximum Gasteiger partial charge on any atom is 0.410 e. The molecule has 1 saturated heterocycles. The summed E-state index contributed by atoms with van der Waals surface area (Å²) < 4.78 is 30.2. The van der Waals surface area contributed by atoms with Crippen LogP contribution < -0.4 is 0 Å². The molecule has 1 heterocycles. The lowest BCUT2D eigenvalue weighted by atomic mass is 9.95. The number of hydrogen-bond acceptors (Lipinski definition) is 6. The molecular formula is C18H26N2O6S. The van der Waals surface area contributed by atoms with Crippen molar-refractivity contribution in [3.63, 3.8) is 0 Å². The molecule has 1 aliphatic rings. The van der Waals surface area contributed by atoms with Gasteiger partial charge in [-0.25, -0.2) is 13.2 Å². The number of nitro benzene ring substituents is 1. The van der Waals surface area contributed by atoms with Crippen molar-refractivity contribution >= 4 is 21.6 Å². The molecular weight excluding hydrogens is 372 g/mol. The number of nitrogens with zero attached hydrogens (tertiary/aromatic N) is 2. The van der Waals surface area contributed by atoms with Gasteiger partial charge in [-0.15, -0.1) is 0 Å². The minimum atomic E-state index is -3.48. The third-order valence-electron chi connectivity index (χ3n) is 4.47. The van der Waals surface area contributed by atoms with Gasteiger partial charge in [-0.3, -0.25) is 10.1 Å². The molecule has 1 aromatic rings. The van der Waals surface area contributed by atoms with Gasteiger partial charge in [-0.2, -0.15) is 0 Å². The summed E-state index contributed by atoms with van der Waals surface area (Å²) in [5.41, 5.74) is -0.671. The van der Waals surface area contributed by atoms with E-state index < -0.39 is 20.4 Å². The van der Waals surface area contributed by atoms with E-state index in [2.05, 4.69) is 0 Å². The molecule has 0 unspecified atom stereocenters. The summed E-state index contributed by atoms with van der Waals surface area (Å²) in [5, 5.41) is 10.7. The number of benzene rings is 1. The van der Waals surface area contributed by atoms with Gasteiger partial charge in [0.1, 0.15) is 5.60 Å². The lowest BCUT2D eigenvalue weighted by molar-refractivity contribution is -0.384. The molecule has 1 aliphatic heterocycles. The minimum absolute atomic E-state index is 0.0120. The molecule has 8 nitrogen and oxygen atoms in total. The summed E-state index contributed by atoms with van der Waals surface area (Å²) in [5.74, 6) is 0.207. The van der Waals surface area contributed by atoms with Gasteiger partial charge in [0.15, 0.2) is 9.84 Å². The van der Waals surface area contributed by atoms with Crippen LogP contribution in [0.1, 0.15) is 40.0 Å².